The van der Waals surface area contributed by atoms with Crippen molar-refractivity contribution >= 4 is 21.4 Å². The third kappa shape index (κ3) is 1.68. The number of aryl methyl sites for hydroxylation is 1. The lowest BCUT2D eigenvalue weighted by Gasteiger charge is -2.05. The van der Waals surface area contributed by atoms with E-state index in [0.29, 0.717) is 6.54 Å². The predicted molar refractivity (Wildman–Crippen MR) is 68.4 cm³/mol. The molecule has 3 aromatic heterocycles. The van der Waals surface area contributed by atoms with E-state index in [4.69, 9.17) is 0 Å². The molecule has 5 heteroatoms. The number of hydrogen-bond donors (Lipinski definition) is 0. The summed E-state index contributed by atoms with van der Waals surface area (Å²) in [5, 5.41) is 2.73. The van der Waals surface area contributed by atoms with Gasteiger partial charge in [0.25, 0.3) is 5.56 Å². The van der Waals surface area contributed by atoms with Crippen LogP contribution in [0.5, 0.6) is 0 Å². The minimum absolute atomic E-state index is 0.0479. The molecule has 0 unspecified atom stereocenters. The minimum Gasteiger partial charge on any atom is -0.337 e. The standard InChI is InChI=1S/C12H11N3OS/c1-14-6-4-13-11(14)8-15-5-2-10-9(12(15)16)3-7-17-10/h2-7H,8H2,1H3. The van der Waals surface area contributed by atoms with Gasteiger partial charge in [0, 0.05) is 30.3 Å². The van der Waals surface area contributed by atoms with Crippen molar-refractivity contribution < 1.29 is 0 Å². The Bertz CT molecular complexity index is 723. The van der Waals surface area contributed by atoms with Gasteiger partial charge in [-0.1, -0.05) is 0 Å². The van der Waals surface area contributed by atoms with Crippen LogP contribution in [-0.2, 0) is 13.6 Å². The third-order valence-corrected chi connectivity index (χ3v) is 3.71. The third-order valence-electron chi connectivity index (χ3n) is 2.83. The summed E-state index contributed by atoms with van der Waals surface area (Å²) in [4.78, 5) is 16.4. The molecule has 0 aliphatic heterocycles. The summed E-state index contributed by atoms with van der Waals surface area (Å²) in [5.74, 6) is 0.877. The van der Waals surface area contributed by atoms with Gasteiger partial charge in [-0.25, -0.2) is 4.98 Å². The summed E-state index contributed by atoms with van der Waals surface area (Å²) < 4.78 is 4.65. The zero-order chi connectivity index (χ0) is 11.8. The topological polar surface area (TPSA) is 39.8 Å². The van der Waals surface area contributed by atoms with Crippen LogP contribution in [0.1, 0.15) is 5.82 Å². The van der Waals surface area contributed by atoms with Gasteiger partial charge < -0.3 is 9.13 Å². The largest absolute Gasteiger partial charge is 0.337 e. The smallest absolute Gasteiger partial charge is 0.259 e. The molecular weight excluding hydrogens is 234 g/mol. The molecule has 3 heterocycles. The maximum Gasteiger partial charge on any atom is 0.259 e. The van der Waals surface area contributed by atoms with Gasteiger partial charge in [-0.15, -0.1) is 11.3 Å². The Morgan fingerprint density at radius 3 is 3.00 bits per heavy atom. The lowest BCUT2D eigenvalue weighted by atomic mass is 10.3. The minimum atomic E-state index is 0.0479. The number of thiophene rings is 1. The molecule has 0 amide bonds. The van der Waals surface area contributed by atoms with Crippen molar-refractivity contribution in [3.8, 4) is 0 Å². The van der Waals surface area contributed by atoms with Gasteiger partial charge in [-0.2, -0.15) is 0 Å². The van der Waals surface area contributed by atoms with E-state index in [1.807, 2.05) is 41.5 Å². The Balaban J connectivity index is 2.09. The molecule has 86 valence electrons. The Morgan fingerprint density at radius 1 is 1.35 bits per heavy atom. The Hall–Kier alpha value is -1.88. The Labute approximate surface area is 102 Å². The molecule has 0 aromatic carbocycles. The highest BCUT2D eigenvalue weighted by Gasteiger charge is 2.06. The zero-order valence-electron chi connectivity index (χ0n) is 9.33. The van der Waals surface area contributed by atoms with Crippen molar-refractivity contribution in [2.75, 3.05) is 0 Å². The fourth-order valence-corrected chi connectivity index (χ4v) is 2.60. The number of aromatic nitrogens is 3. The average Bonchev–Trinajstić information content (AvgIpc) is 2.92. The van der Waals surface area contributed by atoms with Crippen LogP contribution in [0.25, 0.3) is 10.1 Å². The summed E-state index contributed by atoms with van der Waals surface area (Å²) in [7, 11) is 1.93. The predicted octanol–water partition coefficient (Wildman–Crippen LogP) is 1.84. The molecule has 0 aliphatic carbocycles. The molecule has 0 radical (unpaired) electrons. The van der Waals surface area contributed by atoms with E-state index in [1.165, 1.54) is 0 Å². The molecule has 0 aliphatic rings. The highest BCUT2D eigenvalue weighted by atomic mass is 32.1. The molecule has 4 nitrogen and oxygen atoms in total. The summed E-state index contributed by atoms with van der Waals surface area (Å²) >= 11 is 1.59. The van der Waals surface area contributed by atoms with Gasteiger partial charge in [-0.05, 0) is 17.5 Å². The molecule has 3 rings (SSSR count). The summed E-state index contributed by atoms with van der Waals surface area (Å²) in [6.45, 7) is 0.508. The molecule has 3 aromatic rings. The number of nitrogens with zero attached hydrogens (tertiary/aromatic N) is 3. The molecule has 0 atom stereocenters. The quantitative estimate of drug-likeness (QED) is 0.691. The molecule has 0 N–H and O–H groups in total. The Kier molecular flexibility index (Phi) is 2.33. The van der Waals surface area contributed by atoms with Crippen LogP contribution in [0.3, 0.4) is 0 Å². The van der Waals surface area contributed by atoms with Crippen molar-refractivity contribution in [2.45, 2.75) is 6.54 Å². The number of hydrogen-bond acceptors (Lipinski definition) is 3. The van der Waals surface area contributed by atoms with Gasteiger partial charge in [0.1, 0.15) is 5.82 Å². The van der Waals surface area contributed by atoms with Gasteiger partial charge in [0.2, 0.25) is 0 Å². The highest BCUT2D eigenvalue weighted by Crippen LogP contribution is 2.16. The monoisotopic (exact) mass is 245 g/mol. The van der Waals surface area contributed by atoms with Crippen LogP contribution in [0.4, 0.5) is 0 Å². The van der Waals surface area contributed by atoms with Crippen molar-refractivity contribution in [3.63, 3.8) is 0 Å². The second-order valence-electron chi connectivity index (χ2n) is 3.90. The van der Waals surface area contributed by atoms with E-state index in [1.54, 1.807) is 22.1 Å². The molecule has 0 saturated carbocycles. The summed E-state index contributed by atoms with van der Waals surface area (Å²) in [5.41, 5.74) is 0.0479. The molecule has 0 fully saturated rings. The SMILES string of the molecule is Cn1ccnc1Cn1ccc2sccc2c1=O. The lowest BCUT2D eigenvalue weighted by molar-refractivity contribution is 0.683. The van der Waals surface area contributed by atoms with Gasteiger partial charge in [0.05, 0.1) is 11.9 Å². The summed E-state index contributed by atoms with van der Waals surface area (Å²) in [6.07, 6.45) is 5.45. The zero-order valence-corrected chi connectivity index (χ0v) is 10.1. The average molecular weight is 245 g/mol. The molecule has 0 bridgehead atoms. The van der Waals surface area contributed by atoms with E-state index in [0.717, 1.165) is 15.9 Å². The number of fused-ring (bicyclic) bond motifs is 1. The van der Waals surface area contributed by atoms with Crippen molar-refractivity contribution in [3.05, 3.63) is 52.3 Å². The second kappa shape index (κ2) is 3.85. The van der Waals surface area contributed by atoms with Crippen molar-refractivity contribution in [1.82, 2.24) is 14.1 Å². The van der Waals surface area contributed by atoms with Gasteiger partial charge in [0.15, 0.2) is 0 Å². The van der Waals surface area contributed by atoms with Crippen molar-refractivity contribution in [2.24, 2.45) is 7.05 Å². The lowest BCUT2D eigenvalue weighted by Crippen LogP contribution is -2.20. The van der Waals surface area contributed by atoms with E-state index in [-0.39, 0.29) is 5.56 Å². The number of pyridine rings is 1. The maximum atomic E-state index is 12.2. The van der Waals surface area contributed by atoms with E-state index < -0.39 is 0 Å². The van der Waals surface area contributed by atoms with Gasteiger partial charge >= 0.3 is 0 Å². The second-order valence-corrected chi connectivity index (χ2v) is 4.85. The first-order chi connectivity index (χ1) is 8.25. The van der Waals surface area contributed by atoms with Crippen LogP contribution in [0.2, 0.25) is 0 Å². The molecule has 0 saturated heterocycles. The summed E-state index contributed by atoms with van der Waals surface area (Å²) in [6, 6.07) is 3.85. The van der Waals surface area contributed by atoms with Crippen molar-refractivity contribution in [1.29, 1.82) is 0 Å². The van der Waals surface area contributed by atoms with Gasteiger partial charge in [-0.3, -0.25) is 4.79 Å². The molecule has 17 heavy (non-hydrogen) atoms. The van der Waals surface area contributed by atoms with E-state index >= 15 is 0 Å². The Morgan fingerprint density at radius 2 is 2.24 bits per heavy atom. The van der Waals surface area contributed by atoms with Crippen LogP contribution in [0.15, 0.2) is 40.9 Å². The normalized spacial score (nSPS) is 11.1. The molecule has 0 spiro atoms. The highest BCUT2D eigenvalue weighted by molar-refractivity contribution is 7.17. The van der Waals surface area contributed by atoms with Crippen LogP contribution in [-0.4, -0.2) is 14.1 Å². The fourth-order valence-electron chi connectivity index (χ4n) is 1.83. The van der Waals surface area contributed by atoms with E-state index in [2.05, 4.69) is 4.98 Å². The first kappa shape index (κ1) is 10.3. The maximum absolute atomic E-state index is 12.2. The first-order valence-corrected chi connectivity index (χ1v) is 6.16. The van der Waals surface area contributed by atoms with Crippen LogP contribution < -0.4 is 5.56 Å². The fraction of sp³-hybridized carbons (Fsp3) is 0.167. The first-order valence-electron chi connectivity index (χ1n) is 5.28. The van der Waals surface area contributed by atoms with E-state index in [9.17, 15) is 4.79 Å². The number of rotatable bonds is 2. The van der Waals surface area contributed by atoms with Crippen LogP contribution in [0, 0.1) is 0 Å². The molecular formula is C12H11N3OS. The number of imidazole rings is 1. The van der Waals surface area contributed by atoms with Crippen LogP contribution >= 0.6 is 11.3 Å².